The lowest BCUT2D eigenvalue weighted by molar-refractivity contribution is -0.107. The molecule has 0 amide bonds. The minimum atomic E-state index is 0.185. The van der Waals surface area contributed by atoms with Gasteiger partial charge < -0.3 is 14.6 Å². The van der Waals surface area contributed by atoms with Crippen molar-refractivity contribution in [2.45, 2.75) is 26.7 Å². The first-order chi connectivity index (χ1) is 7.11. The van der Waals surface area contributed by atoms with Crippen LogP contribution in [0.3, 0.4) is 0 Å². The summed E-state index contributed by atoms with van der Waals surface area (Å²) in [4.78, 5) is 10.3. The molecule has 0 aliphatic heterocycles. The predicted octanol–water partition coefficient (Wildman–Crippen LogP) is 2.15. The normalized spacial score (nSPS) is 10.1. The molecule has 0 radical (unpaired) electrons. The van der Waals surface area contributed by atoms with Gasteiger partial charge in [-0.15, -0.1) is 0 Å². The van der Waals surface area contributed by atoms with Crippen molar-refractivity contribution in [3.8, 4) is 11.5 Å². The molecule has 1 aromatic carbocycles. The number of ether oxygens (including phenoxy) is 1. The first-order valence-corrected chi connectivity index (χ1v) is 4.91. The number of rotatable bonds is 4. The van der Waals surface area contributed by atoms with Crippen molar-refractivity contribution in [1.29, 1.82) is 0 Å². The van der Waals surface area contributed by atoms with E-state index in [4.69, 9.17) is 4.74 Å². The molecule has 0 spiro atoms. The van der Waals surface area contributed by atoms with Crippen LogP contribution in [-0.2, 0) is 11.2 Å². The Morgan fingerprint density at radius 3 is 2.60 bits per heavy atom. The van der Waals surface area contributed by atoms with Crippen LogP contribution < -0.4 is 4.74 Å². The number of methoxy groups -OCH3 is 1. The third-order valence-electron chi connectivity index (χ3n) is 2.69. The Labute approximate surface area is 89.7 Å². The fourth-order valence-corrected chi connectivity index (χ4v) is 1.57. The molecule has 3 nitrogen and oxygen atoms in total. The number of aromatic hydroxyl groups is 1. The average molecular weight is 208 g/mol. The van der Waals surface area contributed by atoms with E-state index < -0.39 is 0 Å². The second-order valence-electron chi connectivity index (χ2n) is 3.54. The molecule has 0 heterocycles. The number of phenolic OH excluding ortho intramolecular Hbond substituents is 1. The quantitative estimate of drug-likeness (QED) is 0.771. The zero-order valence-corrected chi connectivity index (χ0v) is 9.33. The molecule has 0 bridgehead atoms. The molecular formula is C12H16O3. The Morgan fingerprint density at radius 1 is 1.40 bits per heavy atom. The van der Waals surface area contributed by atoms with E-state index in [0.717, 1.165) is 23.0 Å². The highest BCUT2D eigenvalue weighted by molar-refractivity contribution is 5.55. The maximum atomic E-state index is 10.3. The second kappa shape index (κ2) is 4.82. The highest BCUT2D eigenvalue weighted by Gasteiger charge is 2.11. The van der Waals surface area contributed by atoms with E-state index in [1.54, 1.807) is 6.07 Å². The first kappa shape index (κ1) is 11.6. The number of hydrogen-bond acceptors (Lipinski definition) is 3. The summed E-state index contributed by atoms with van der Waals surface area (Å²) in [5, 5.41) is 9.73. The Balaban J connectivity index is 3.16. The predicted molar refractivity (Wildman–Crippen MR) is 58.5 cm³/mol. The van der Waals surface area contributed by atoms with Gasteiger partial charge in [0.2, 0.25) is 0 Å². The van der Waals surface area contributed by atoms with Gasteiger partial charge in [-0.1, -0.05) is 0 Å². The molecule has 0 aliphatic rings. The first-order valence-electron chi connectivity index (χ1n) is 4.91. The number of carbonyl (C=O) groups excluding carboxylic acids is 1. The summed E-state index contributed by atoms with van der Waals surface area (Å²) in [6.45, 7) is 3.78. The molecule has 1 aromatic rings. The number of benzene rings is 1. The lowest BCUT2D eigenvalue weighted by Crippen LogP contribution is -1.96. The van der Waals surface area contributed by atoms with E-state index >= 15 is 0 Å². The highest BCUT2D eigenvalue weighted by atomic mass is 16.5. The molecule has 0 fully saturated rings. The Kier molecular flexibility index (Phi) is 3.72. The Morgan fingerprint density at radius 2 is 2.07 bits per heavy atom. The van der Waals surface area contributed by atoms with Gasteiger partial charge in [0.25, 0.3) is 0 Å². The van der Waals surface area contributed by atoms with Crippen molar-refractivity contribution in [2.75, 3.05) is 7.11 Å². The van der Waals surface area contributed by atoms with Gasteiger partial charge in [-0.05, 0) is 43.0 Å². The lowest BCUT2D eigenvalue weighted by atomic mass is 9.98. The molecule has 1 rings (SSSR count). The number of aryl methyl sites for hydroxylation is 1. The standard InChI is InChI=1S/C12H16O3/c1-8-9(2)12(14)11(15-3)7-10(8)5-4-6-13/h6-7,14H,4-5H2,1-3H3. The van der Waals surface area contributed by atoms with Crippen LogP contribution in [0.4, 0.5) is 0 Å². The number of aldehydes is 1. The fourth-order valence-electron chi connectivity index (χ4n) is 1.57. The molecule has 82 valence electrons. The molecule has 0 atom stereocenters. The molecule has 0 aromatic heterocycles. The van der Waals surface area contributed by atoms with Crippen molar-refractivity contribution in [3.05, 3.63) is 22.8 Å². The number of phenols is 1. The maximum absolute atomic E-state index is 10.3. The van der Waals surface area contributed by atoms with Gasteiger partial charge in [0.05, 0.1) is 7.11 Å². The van der Waals surface area contributed by atoms with Crippen LogP contribution in [0.15, 0.2) is 6.07 Å². The van der Waals surface area contributed by atoms with Crippen LogP contribution in [0.2, 0.25) is 0 Å². The summed E-state index contributed by atoms with van der Waals surface area (Å²) in [6, 6.07) is 1.79. The third-order valence-corrected chi connectivity index (χ3v) is 2.69. The molecular weight excluding hydrogens is 192 g/mol. The van der Waals surface area contributed by atoms with Crippen molar-refractivity contribution in [2.24, 2.45) is 0 Å². The van der Waals surface area contributed by atoms with Gasteiger partial charge in [-0.25, -0.2) is 0 Å². The van der Waals surface area contributed by atoms with Crippen LogP contribution >= 0.6 is 0 Å². The van der Waals surface area contributed by atoms with Gasteiger partial charge in [0.15, 0.2) is 11.5 Å². The zero-order chi connectivity index (χ0) is 11.4. The molecule has 0 aliphatic carbocycles. The average Bonchev–Trinajstić information content (AvgIpc) is 2.25. The fraction of sp³-hybridized carbons (Fsp3) is 0.417. The summed E-state index contributed by atoms with van der Waals surface area (Å²) >= 11 is 0. The minimum absolute atomic E-state index is 0.185. The van der Waals surface area contributed by atoms with Crippen molar-refractivity contribution in [1.82, 2.24) is 0 Å². The van der Waals surface area contributed by atoms with Crippen molar-refractivity contribution in [3.63, 3.8) is 0 Å². The largest absolute Gasteiger partial charge is 0.504 e. The SMILES string of the molecule is COc1cc(CCC=O)c(C)c(C)c1O. The summed E-state index contributed by atoms with van der Waals surface area (Å²) in [7, 11) is 1.52. The molecule has 15 heavy (non-hydrogen) atoms. The molecule has 0 unspecified atom stereocenters. The third kappa shape index (κ3) is 2.29. The van der Waals surface area contributed by atoms with Crippen molar-refractivity contribution < 1.29 is 14.6 Å². The zero-order valence-electron chi connectivity index (χ0n) is 9.33. The van der Waals surface area contributed by atoms with E-state index in [0.29, 0.717) is 18.6 Å². The van der Waals surface area contributed by atoms with Crippen LogP contribution in [0.5, 0.6) is 11.5 Å². The second-order valence-corrected chi connectivity index (χ2v) is 3.54. The van der Waals surface area contributed by atoms with Gasteiger partial charge in [0.1, 0.15) is 6.29 Å². The molecule has 1 N–H and O–H groups in total. The van der Waals surface area contributed by atoms with E-state index in [-0.39, 0.29) is 5.75 Å². The van der Waals surface area contributed by atoms with Crippen LogP contribution in [0.25, 0.3) is 0 Å². The summed E-state index contributed by atoms with van der Waals surface area (Å²) < 4.78 is 5.06. The van der Waals surface area contributed by atoms with E-state index in [1.165, 1.54) is 7.11 Å². The van der Waals surface area contributed by atoms with Gasteiger partial charge in [0, 0.05) is 6.42 Å². The monoisotopic (exact) mass is 208 g/mol. The highest BCUT2D eigenvalue weighted by Crippen LogP contribution is 2.34. The van der Waals surface area contributed by atoms with E-state index in [1.807, 2.05) is 13.8 Å². The molecule has 0 saturated heterocycles. The Hall–Kier alpha value is -1.51. The Bertz CT molecular complexity index is 370. The van der Waals surface area contributed by atoms with Crippen LogP contribution in [-0.4, -0.2) is 18.5 Å². The van der Waals surface area contributed by atoms with Gasteiger partial charge in [-0.3, -0.25) is 0 Å². The van der Waals surface area contributed by atoms with Crippen LogP contribution in [0, 0.1) is 13.8 Å². The topological polar surface area (TPSA) is 46.5 Å². The summed E-state index contributed by atoms with van der Waals surface area (Å²) in [5.41, 5.74) is 2.89. The maximum Gasteiger partial charge on any atom is 0.161 e. The smallest absolute Gasteiger partial charge is 0.161 e. The number of carbonyl (C=O) groups is 1. The summed E-state index contributed by atoms with van der Waals surface area (Å²) in [6.07, 6.45) is 2.08. The molecule has 0 saturated carbocycles. The van der Waals surface area contributed by atoms with Gasteiger partial charge >= 0.3 is 0 Å². The minimum Gasteiger partial charge on any atom is -0.504 e. The molecule has 3 heteroatoms. The van der Waals surface area contributed by atoms with Gasteiger partial charge in [-0.2, -0.15) is 0 Å². The van der Waals surface area contributed by atoms with Crippen molar-refractivity contribution >= 4 is 6.29 Å². The van der Waals surface area contributed by atoms with E-state index in [9.17, 15) is 9.90 Å². The summed E-state index contributed by atoms with van der Waals surface area (Å²) in [5.74, 6) is 0.656. The van der Waals surface area contributed by atoms with Crippen LogP contribution in [0.1, 0.15) is 23.1 Å². The van der Waals surface area contributed by atoms with E-state index in [2.05, 4.69) is 0 Å². The lowest BCUT2D eigenvalue weighted by Gasteiger charge is -2.13. The number of hydrogen-bond donors (Lipinski definition) is 1.